The van der Waals surface area contributed by atoms with Crippen LogP contribution in [0.25, 0.3) is 0 Å². The third-order valence-electron chi connectivity index (χ3n) is 4.21. The first-order chi connectivity index (χ1) is 12.1. The SMILES string of the molecule is COc1ccc(CCNC(N)=NCCCN2CCCC2=O)cc1OC. The van der Waals surface area contributed by atoms with E-state index in [2.05, 4.69) is 10.3 Å². The van der Waals surface area contributed by atoms with Crippen LogP contribution in [0.3, 0.4) is 0 Å². The average molecular weight is 348 g/mol. The molecule has 0 unspecified atom stereocenters. The molecule has 0 saturated carbocycles. The van der Waals surface area contributed by atoms with E-state index in [0.29, 0.717) is 25.5 Å². The number of likely N-dealkylation sites (tertiary alicyclic amines) is 1. The second-order valence-electron chi connectivity index (χ2n) is 5.97. The van der Waals surface area contributed by atoms with Crippen LogP contribution in [-0.2, 0) is 11.2 Å². The van der Waals surface area contributed by atoms with Gasteiger partial charge in [-0.3, -0.25) is 9.79 Å². The lowest BCUT2D eigenvalue weighted by Gasteiger charge is -2.14. The monoisotopic (exact) mass is 348 g/mol. The van der Waals surface area contributed by atoms with E-state index in [1.807, 2.05) is 23.1 Å². The first kappa shape index (κ1) is 18.9. The number of hydrogen-bond acceptors (Lipinski definition) is 4. The second kappa shape index (κ2) is 9.76. The van der Waals surface area contributed by atoms with Gasteiger partial charge in [0.25, 0.3) is 0 Å². The van der Waals surface area contributed by atoms with E-state index in [1.165, 1.54) is 0 Å². The van der Waals surface area contributed by atoms with Gasteiger partial charge in [0.1, 0.15) is 0 Å². The Morgan fingerprint density at radius 3 is 2.80 bits per heavy atom. The fourth-order valence-corrected chi connectivity index (χ4v) is 2.83. The van der Waals surface area contributed by atoms with Gasteiger partial charge in [-0.15, -0.1) is 0 Å². The minimum Gasteiger partial charge on any atom is -0.493 e. The number of nitrogens with zero attached hydrogens (tertiary/aromatic N) is 2. The summed E-state index contributed by atoms with van der Waals surface area (Å²) in [6.07, 6.45) is 3.30. The molecular formula is C18H28N4O3. The van der Waals surface area contributed by atoms with Crippen molar-refractivity contribution in [3.8, 4) is 11.5 Å². The highest BCUT2D eigenvalue weighted by Gasteiger charge is 2.18. The third-order valence-corrected chi connectivity index (χ3v) is 4.21. The predicted molar refractivity (Wildman–Crippen MR) is 98.2 cm³/mol. The van der Waals surface area contributed by atoms with Gasteiger partial charge in [-0.2, -0.15) is 0 Å². The van der Waals surface area contributed by atoms with Crippen molar-refractivity contribution in [3.05, 3.63) is 23.8 Å². The number of nitrogens with one attached hydrogen (secondary N) is 1. The highest BCUT2D eigenvalue weighted by atomic mass is 16.5. The molecule has 138 valence electrons. The summed E-state index contributed by atoms with van der Waals surface area (Å²) in [4.78, 5) is 17.7. The number of benzene rings is 1. The van der Waals surface area contributed by atoms with E-state index >= 15 is 0 Å². The molecule has 3 N–H and O–H groups in total. The van der Waals surface area contributed by atoms with Crippen LogP contribution in [0.4, 0.5) is 0 Å². The first-order valence-electron chi connectivity index (χ1n) is 8.66. The maximum Gasteiger partial charge on any atom is 0.222 e. The molecule has 0 bridgehead atoms. The summed E-state index contributed by atoms with van der Waals surface area (Å²) >= 11 is 0. The largest absolute Gasteiger partial charge is 0.493 e. The Morgan fingerprint density at radius 1 is 1.32 bits per heavy atom. The van der Waals surface area contributed by atoms with Gasteiger partial charge < -0.3 is 25.4 Å². The first-order valence-corrected chi connectivity index (χ1v) is 8.66. The number of methoxy groups -OCH3 is 2. The fourth-order valence-electron chi connectivity index (χ4n) is 2.83. The van der Waals surface area contributed by atoms with Crippen LogP contribution in [0.5, 0.6) is 11.5 Å². The van der Waals surface area contributed by atoms with Crippen molar-refractivity contribution in [2.75, 3.05) is 40.4 Å². The van der Waals surface area contributed by atoms with E-state index in [-0.39, 0.29) is 5.91 Å². The van der Waals surface area contributed by atoms with Gasteiger partial charge in [0.15, 0.2) is 17.5 Å². The number of rotatable bonds is 9. The molecule has 1 saturated heterocycles. The molecular weight excluding hydrogens is 320 g/mol. The zero-order chi connectivity index (χ0) is 18.1. The van der Waals surface area contributed by atoms with Crippen LogP contribution in [0.1, 0.15) is 24.8 Å². The smallest absolute Gasteiger partial charge is 0.222 e. The molecule has 2 rings (SSSR count). The normalized spacial score (nSPS) is 14.7. The molecule has 25 heavy (non-hydrogen) atoms. The molecule has 1 aromatic carbocycles. The Kier molecular flexibility index (Phi) is 7.37. The highest BCUT2D eigenvalue weighted by Crippen LogP contribution is 2.27. The summed E-state index contributed by atoms with van der Waals surface area (Å²) in [5.74, 6) is 2.13. The maximum absolute atomic E-state index is 11.5. The van der Waals surface area contributed by atoms with Crippen molar-refractivity contribution in [1.29, 1.82) is 0 Å². The van der Waals surface area contributed by atoms with Crippen LogP contribution in [-0.4, -0.2) is 57.2 Å². The predicted octanol–water partition coefficient (Wildman–Crippen LogP) is 1.16. The number of ether oxygens (including phenoxy) is 2. The topological polar surface area (TPSA) is 89.2 Å². The van der Waals surface area contributed by atoms with Crippen molar-refractivity contribution in [3.63, 3.8) is 0 Å². The quantitative estimate of drug-likeness (QED) is 0.397. The Morgan fingerprint density at radius 2 is 2.12 bits per heavy atom. The summed E-state index contributed by atoms with van der Waals surface area (Å²) in [5.41, 5.74) is 7.00. The molecule has 0 aromatic heterocycles. The summed E-state index contributed by atoms with van der Waals surface area (Å²) in [5, 5.41) is 3.11. The highest BCUT2D eigenvalue weighted by molar-refractivity contribution is 5.78. The second-order valence-corrected chi connectivity index (χ2v) is 5.97. The molecule has 1 aliphatic rings. The molecule has 1 amide bonds. The minimum absolute atomic E-state index is 0.255. The van der Waals surface area contributed by atoms with Crippen molar-refractivity contribution < 1.29 is 14.3 Å². The molecule has 7 nitrogen and oxygen atoms in total. The van der Waals surface area contributed by atoms with E-state index < -0.39 is 0 Å². The Balaban J connectivity index is 1.67. The standard InChI is InChI=1S/C18H28N4O3/c1-24-15-7-6-14(13-16(15)25-2)8-10-21-18(19)20-9-4-12-22-11-3-5-17(22)23/h6-7,13H,3-5,8-12H2,1-2H3,(H3,19,20,21). The van der Waals surface area contributed by atoms with Gasteiger partial charge in [0.05, 0.1) is 14.2 Å². The molecule has 1 fully saturated rings. The maximum atomic E-state index is 11.5. The number of carbonyl (C=O) groups is 1. The zero-order valence-corrected chi connectivity index (χ0v) is 15.1. The van der Waals surface area contributed by atoms with Crippen LogP contribution in [0.15, 0.2) is 23.2 Å². The van der Waals surface area contributed by atoms with Crippen molar-refractivity contribution >= 4 is 11.9 Å². The van der Waals surface area contributed by atoms with Crippen LogP contribution in [0.2, 0.25) is 0 Å². The molecule has 1 aliphatic heterocycles. The number of carbonyl (C=O) groups excluding carboxylic acids is 1. The van der Waals surface area contributed by atoms with E-state index in [1.54, 1.807) is 14.2 Å². The molecule has 0 atom stereocenters. The van der Waals surface area contributed by atoms with Crippen molar-refractivity contribution in [1.82, 2.24) is 10.2 Å². The zero-order valence-electron chi connectivity index (χ0n) is 15.1. The molecule has 0 radical (unpaired) electrons. The summed E-state index contributed by atoms with van der Waals surface area (Å²) < 4.78 is 10.5. The lowest BCUT2D eigenvalue weighted by molar-refractivity contribution is -0.127. The van der Waals surface area contributed by atoms with Gasteiger partial charge in [-0.25, -0.2) is 0 Å². The number of aliphatic imine (C=N–C) groups is 1. The summed E-state index contributed by atoms with van der Waals surface area (Å²) in [6.45, 7) is 2.96. The Labute approximate surface area is 149 Å². The van der Waals surface area contributed by atoms with Crippen LogP contribution < -0.4 is 20.5 Å². The van der Waals surface area contributed by atoms with Crippen molar-refractivity contribution in [2.45, 2.75) is 25.7 Å². The van der Waals surface area contributed by atoms with E-state index in [9.17, 15) is 4.79 Å². The lowest BCUT2D eigenvalue weighted by atomic mass is 10.1. The number of nitrogens with two attached hydrogens (primary N) is 1. The van der Waals surface area contributed by atoms with Gasteiger partial charge in [-0.05, 0) is 37.0 Å². The average Bonchev–Trinajstić information content (AvgIpc) is 3.03. The van der Waals surface area contributed by atoms with E-state index in [0.717, 1.165) is 49.4 Å². The van der Waals surface area contributed by atoms with Gasteiger partial charge in [0, 0.05) is 32.6 Å². The van der Waals surface area contributed by atoms with Gasteiger partial charge in [0.2, 0.25) is 5.91 Å². The molecule has 1 heterocycles. The molecule has 0 spiro atoms. The lowest BCUT2D eigenvalue weighted by Crippen LogP contribution is -2.33. The van der Waals surface area contributed by atoms with Crippen LogP contribution >= 0.6 is 0 Å². The van der Waals surface area contributed by atoms with Crippen molar-refractivity contribution in [2.24, 2.45) is 10.7 Å². The summed E-state index contributed by atoms with van der Waals surface area (Å²) in [7, 11) is 3.25. The number of guanidine groups is 1. The Hall–Kier alpha value is -2.44. The third kappa shape index (κ3) is 5.85. The molecule has 7 heteroatoms. The molecule has 1 aromatic rings. The van der Waals surface area contributed by atoms with Gasteiger partial charge in [-0.1, -0.05) is 6.07 Å². The number of amides is 1. The minimum atomic E-state index is 0.255. The fraction of sp³-hybridized carbons (Fsp3) is 0.556. The Bertz CT molecular complexity index is 604. The van der Waals surface area contributed by atoms with Crippen LogP contribution in [0, 0.1) is 0 Å². The molecule has 0 aliphatic carbocycles. The van der Waals surface area contributed by atoms with E-state index in [4.69, 9.17) is 15.2 Å². The summed E-state index contributed by atoms with van der Waals surface area (Å²) in [6, 6.07) is 5.86. The van der Waals surface area contributed by atoms with Gasteiger partial charge >= 0.3 is 0 Å². The number of hydrogen-bond donors (Lipinski definition) is 2.